The van der Waals surface area contributed by atoms with Crippen molar-refractivity contribution >= 4 is 17.6 Å². The minimum Gasteiger partial charge on any atom is -0.511 e. The third-order valence-electron chi connectivity index (χ3n) is 4.03. The van der Waals surface area contributed by atoms with Gasteiger partial charge in [0.1, 0.15) is 17.6 Å². The van der Waals surface area contributed by atoms with E-state index in [9.17, 15) is 14.7 Å². The molecule has 2 aromatic rings. The Kier molecular flexibility index (Phi) is 6.77. The minimum absolute atomic E-state index is 0.151. The lowest BCUT2D eigenvalue weighted by Gasteiger charge is -2.12. The Morgan fingerprint density at radius 2 is 1.93 bits per heavy atom. The summed E-state index contributed by atoms with van der Waals surface area (Å²) in [4.78, 5) is 24.5. The maximum atomic E-state index is 12.3. The number of hydrogen-bond donors (Lipinski definition) is 2. The number of anilines is 1. The fourth-order valence-electron chi connectivity index (χ4n) is 2.56. The quantitative estimate of drug-likeness (QED) is 0.341. The zero-order valence-corrected chi connectivity index (χ0v) is 15.8. The molecule has 0 atom stereocenters. The average molecular weight is 380 g/mol. The molecule has 2 aromatic carbocycles. The first-order valence-electron chi connectivity index (χ1n) is 8.45. The Hall–Kier alpha value is -3.79. The Bertz CT molecular complexity index is 973. The average Bonchev–Trinajstić information content (AvgIpc) is 2.73. The highest BCUT2D eigenvalue weighted by molar-refractivity contribution is 6.08. The third-order valence-corrected chi connectivity index (χ3v) is 4.03. The van der Waals surface area contributed by atoms with Gasteiger partial charge in [-0.25, -0.2) is 4.79 Å². The highest BCUT2D eigenvalue weighted by Crippen LogP contribution is 2.30. The minimum atomic E-state index is -0.758. The Morgan fingerprint density at radius 3 is 2.54 bits per heavy atom. The number of aliphatic hydroxyl groups excluding tert-OH is 1. The number of nitriles is 1. The number of ether oxygens (including phenoxy) is 2. The molecule has 0 aliphatic carbocycles. The SMILES string of the molecule is CC/C(O)=C(\C#N)C(=O)Nc1ccc(-c2cccc(OC)c2)c(C(=O)OC)c1. The molecule has 7 nitrogen and oxygen atoms in total. The summed E-state index contributed by atoms with van der Waals surface area (Å²) in [6.07, 6.45) is 0.151. The second-order valence-electron chi connectivity index (χ2n) is 5.73. The largest absolute Gasteiger partial charge is 0.511 e. The van der Waals surface area contributed by atoms with Crippen LogP contribution in [0.3, 0.4) is 0 Å². The second-order valence-corrected chi connectivity index (χ2v) is 5.73. The maximum Gasteiger partial charge on any atom is 0.338 e. The predicted octanol–water partition coefficient (Wildman–Crippen LogP) is 3.83. The van der Waals surface area contributed by atoms with E-state index in [4.69, 9.17) is 14.7 Å². The second kappa shape index (κ2) is 9.24. The van der Waals surface area contributed by atoms with E-state index in [0.717, 1.165) is 5.56 Å². The van der Waals surface area contributed by atoms with Crippen LogP contribution in [-0.4, -0.2) is 31.2 Å². The van der Waals surface area contributed by atoms with E-state index in [1.807, 2.05) is 6.07 Å². The van der Waals surface area contributed by atoms with Crippen molar-refractivity contribution in [2.45, 2.75) is 13.3 Å². The van der Waals surface area contributed by atoms with Gasteiger partial charge in [0.2, 0.25) is 0 Å². The lowest BCUT2D eigenvalue weighted by molar-refractivity contribution is -0.112. The zero-order valence-electron chi connectivity index (χ0n) is 15.8. The van der Waals surface area contributed by atoms with Crippen LogP contribution in [0.4, 0.5) is 5.69 Å². The first-order valence-corrected chi connectivity index (χ1v) is 8.45. The van der Waals surface area contributed by atoms with Gasteiger partial charge >= 0.3 is 5.97 Å². The number of esters is 1. The van der Waals surface area contributed by atoms with Gasteiger partial charge in [0.05, 0.1) is 19.8 Å². The molecule has 0 unspecified atom stereocenters. The van der Waals surface area contributed by atoms with Crippen LogP contribution >= 0.6 is 0 Å². The molecule has 7 heteroatoms. The van der Waals surface area contributed by atoms with Crippen LogP contribution in [0.5, 0.6) is 5.75 Å². The summed E-state index contributed by atoms with van der Waals surface area (Å²) in [5, 5.41) is 21.3. The number of amides is 1. The van der Waals surface area contributed by atoms with Gasteiger partial charge in [-0.15, -0.1) is 0 Å². The topological polar surface area (TPSA) is 109 Å². The monoisotopic (exact) mass is 380 g/mol. The van der Waals surface area contributed by atoms with Crippen LogP contribution < -0.4 is 10.1 Å². The van der Waals surface area contributed by atoms with E-state index in [-0.39, 0.29) is 29.0 Å². The van der Waals surface area contributed by atoms with Crippen LogP contribution in [0.1, 0.15) is 23.7 Å². The van der Waals surface area contributed by atoms with Crippen LogP contribution in [0.25, 0.3) is 11.1 Å². The van der Waals surface area contributed by atoms with Crippen molar-refractivity contribution in [3.05, 3.63) is 59.4 Å². The van der Waals surface area contributed by atoms with Gasteiger partial charge in [-0.2, -0.15) is 5.26 Å². The van der Waals surface area contributed by atoms with Crippen molar-refractivity contribution < 1.29 is 24.2 Å². The molecule has 0 heterocycles. The molecule has 1 amide bonds. The van der Waals surface area contributed by atoms with Crippen LogP contribution in [0.15, 0.2) is 53.8 Å². The molecule has 2 rings (SSSR count). The van der Waals surface area contributed by atoms with Crippen molar-refractivity contribution in [3.63, 3.8) is 0 Å². The van der Waals surface area contributed by atoms with Crippen LogP contribution in [0, 0.1) is 11.3 Å². The first-order chi connectivity index (χ1) is 13.4. The summed E-state index contributed by atoms with van der Waals surface area (Å²) in [5.74, 6) is -1.01. The van der Waals surface area contributed by atoms with E-state index < -0.39 is 11.9 Å². The maximum absolute atomic E-state index is 12.3. The number of aliphatic hydroxyl groups is 1. The molecule has 144 valence electrons. The highest BCUT2D eigenvalue weighted by atomic mass is 16.5. The molecule has 0 aromatic heterocycles. The van der Waals surface area contributed by atoms with E-state index >= 15 is 0 Å². The molecule has 2 N–H and O–H groups in total. The smallest absolute Gasteiger partial charge is 0.338 e. The van der Waals surface area contributed by atoms with Crippen LogP contribution in [0.2, 0.25) is 0 Å². The fraction of sp³-hybridized carbons (Fsp3) is 0.190. The number of nitrogens with one attached hydrogen (secondary N) is 1. The van der Waals surface area contributed by atoms with E-state index in [2.05, 4.69) is 5.32 Å². The Morgan fingerprint density at radius 1 is 1.18 bits per heavy atom. The first kappa shape index (κ1) is 20.5. The van der Waals surface area contributed by atoms with E-state index in [1.165, 1.54) is 13.2 Å². The van der Waals surface area contributed by atoms with E-state index in [1.54, 1.807) is 50.4 Å². The molecule has 0 aliphatic rings. The number of carbonyl (C=O) groups excluding carboxylic acids is 2. The fourth-order valence-corrected chi connectivity index (χ4v) is 2.56. The molecule has 0 saturated carbocycles. The summed E-state index contributed by atoms with van der Waals surface area (Å²) in [5.41, 5.74) is 1.47. The van der Waals surface area contributed by atoms with Gasteiger partial charge in [-0.3, -0.25) is 4.79 Å². The summed E-state index contributed by atoms with van der Waals surface area (Å²) in [7, 11) is 2.81. The molecular formula is C21H20N2O5. The molecule has 0 saturated heterocycles. The zero-order chi connectivity index (χ0) is 20.7. The standard InChI is InChI=1S/C21H20N2O5/c1-4-19(24)18(12-22)20(25)23-14-8-9-16(17(11-14)21(26)28-3)13-6-5-7-15(10-13)27-2/h5-11,24H,4H2,1-3H3,(H,23,25)/b19-18-. The van der Waals surface area contributed by atoms with Gasteiger partial charge in [0.25, 0.3) is 5.91 Å². The van der Waals surface area contributed by atoms with Gasteiger partial charge in [0, 0.05) is 12.1 Å². The van der Waals surface area contributed by atoms with Crippen molar-refractivity contribution in [2.24, 2.45) is 0 Å². The van der Waals surface area contributed by atoms with Crippen molar-refractivity contribution in [2.75, 3.05) is 19.5 Å². The van der Waals surface area contributed by atoms with Crippen LogP contribution in [-0.2, 0) is 9.53 Å². The number of benzene rings is 2. The molecule has 0 fully saturated rings. The number of nitrogens with zero attached hydrogens (tertiary/aromatic N) is 1. The molecule has 28 heavy (non-hydrogen) atoms. The van der Waals surface area contributed by atoms with E-state index in [0.29, 0.717) is 11.3 Å². The Balaban J connectivity index is 2.46. The van der Waals surface area contributed by atoms with Gasteiger partial charge in [0.15, 0.2) is 5.57 Å². The number of allylic oxidation sites excluding steroid dienone is 1. The molecule has 0 radical (unpaired) electrons. The van der Waals surface area contributed by atoms with Crippen molar-refractivity contribution in [1.82, 2.24) is 0 Å². The molecule has 0 bridgehead atoms. The molecule has 0 spiro atoms. The normalized spacial score (nSPS) is 11.1. The highest BCUT2D eigenvalue weighted by Gasteiger charge is 2.18. The van der Waals surface area contributed by atoms with Crippen molar-refractivity contribution in [1.29, 1.82) is 5.26 Å². The number of methoxy groups -OCH3 is 2. The summed E-state index contributed by atoms with van der Waals surface area (Å²) < 4.78 is 10.1. The summed E-state index contributed by atoms with van der Waals surface area (Å²) in [6.45, 7) is 1.62. The third kappa shape index (κ3) is 4.48. The van der Waals surface area contributed by atoms with Crippen molar-refractivity contribution in [3.8, 4) is 22.9 Å². The molecule has 0 aliphatic heterocycles. The van der Waals surface area contributed by atoms with Gasteiger partial charge in [-0.05, 0) is 35.4 Å². The number of carbonyl (C=O) groups is 2. The Labute approximate surface area is 162 Å². The predicted molar refractivity (Wildman–Crippen MR) is 104 cm³/mol. The summed E-state index contributed by atoms with van der Waals surface area (Å²) >= 11 is 0. The lowest BCUT2D eigenvalue weighted by Crippen LogP contribution is -2.16. The molecular weight excluding hydrogens is 360 g/mol. The number of rotatable bonds is 6. The van der Waals surface area contributed by atoms with Gasteiger partial charge in [-0.1, -0.05) is 25.1 Å². The van der Waals surface area contributed by atoms with Gasteiger partial charge < -0.3 is 19.9 Å². The summed E-state index contributed by atoms with van der Waals surface area (Å²) in [6, 6.07) is 13.6. The lowest BCUT2D eigenvalue weighted by atomic mass is 9.98. The number of hydrogen-bond acceptors (Lipinski definition) is 6.